The van der Waals surface area contributed by atoms with Crippen molar-refractivity contribution in [1.29, 1.82) is 0 Å². The van der Waals surface area contributed by atoms with Crippen LogP contribution in [0.2, 0.25) is 5.02 Å². The van der Waals surface area contributed by atoms with Crippen LogP contribution in [0.5, 0.6) is 0 Å². The fourth-order valence-electron chi connectivity index (χ4n) is 3.18. The minimum atomic E-state index is -0.154. The van der Waals surface area contributed by atoms with Gasteiger partial charge in [0.2, 0.25) is 0 Å². The van der Waals surface area contributed by atoms with E-state index in [-0.39, 0.29) is 11.3 Å². The van der Waals surface area contributed by atoms with Gasteiger partial charge in [-0.15, -0.1) is 0 Å². The zero-order chi connectivity index (χ0) is 17.0. The van der Waals surface area contributed by atoms with E-state index in [1.165, 1.54) is 0 Å². The summed E-state index contributed by atoms with van der Waals surface area (Å²) in [6.45, 7) is 1.91. The molecule has 0 aromatic heterocycles. The van der Waals surface area contributed by atoms with Gasteiger partial charge in [-0.1, -0.05) is 29.8 Å². The van der Waals surface area contributed by atoms with Crippen LogP contribution in [0.1, 0.15) is 28.8 Å². The van der Waals surface area contributed by atoms with Gasteiger partial charge in [0.25, 0.3) is 5.91 Å². The Balaban J connectivity index is 1.79. The van der Waals surface area contributed by atoms with Crippen molar-refractivity contribution >= 4 is 23.2 Å². The number of amides is 1. The third-order valence-electron chi connectivity index (χ3n) is 4.62. The molecule has 0 radical (unpaired) electrons. The number of nitrogens with one attached hydrogen (secondary N) is 1. The highest BCUT2D eigenvalue weighted by molar-refractivity contribution is 6.30. The number of hydrogen-bond acceptors (Lipinski definition) is 3. The molecule has 4 nitrogen and oxygen atoms in total. The molecule has 1 amide bonds. The highest BCUT2D eigenvalue weighted by atomic mass is 35.5. The summed E-state index contributed by atoms with van der Waals surface area (Å²) in [5.41, 5.74) is 7.90. The summed E-state index contributed by atoms with van der Waals surface area (Å²) in [6.07, 6.45) is 1.70. The van der Waals surface area contributed by atoms with Gasteiger partial charge < -0.3 is 15.8 Å². The first kappa shape index (κ1) is 16.8. The Labute approximate surface area is 147 Å². The Morgan fingerprint density at radius 1 is 1.17 bits per heavy atom. The Bertz CT molecular complexity index is 727. The summed E-state index contributed by atoms with van der Waals surface area (Å²) in [5.74, 6) is -0.116. The van der Waals surface area contributed by atoms with Gasteiger partial charge in [-0.3, -0.25) is 4.79 Å². The Morgan fingerprint density at radius 2 is 1.92 bits per heavy atom. The Kier molecular flexibility index (Phi) is 5.07. The maximum Gasteiger partial charge on any atom is 0.251 e. The molecule has 1 heterocycles. The highest BCUT2D eigenvalue weighted by Gasteiger charge is 2.35. The summed E-state index contributed by atoms with van der Waals surface area (Å²) in [7, 11) is 0. The number of hydrogen-bond donors (Lipinski definition) is 2. The van der Waals surface area contributed by atoms with Crippen molar-refractivity contribution in [3.05, 3.63) is 64.7 Å². The predicted molar refractivity (Wildman–Crippen MR) is 96.4 cm³/mol. The molecule has 1 aliphatic rings. The zero-order valence-corrected chi connectivity index (χ0v) is 14.2. The van der Waals surface area contributed by atoms with E-state index in [2.05, 4.69) is 11.4 Å². The SMILES string of the molecule is Nc1cccc(C(=O)NCC2(c3cccc(Cl)c3)CCOCC2)c1. The molecule has 2 aromatic rings. The molecule has 0 bridgehead atoms. The lowest BCUT2D eigenvalue weighted by Gasteiger charge is -2.38. The van der Waals surface area contributed by atoms with Crippen LogP contribution in [0.15, 0.2) is 48.5 Å². The minimum absolute atomic E-state index is 0.116. The van der Waals surface area contributed by atoms with E-state index in [0.29, 0.717) is 36.0 Å². The number of nitrogen functional groups attached to an aromatic ring is 1. The molecule has 1 aliphatic heterocycles. The van der Waals surface area contributed by atoms with Crippen LogP contribution in [0, 0.1) is 0 Å². The van der Waals surface area contributed by atoms with Crippen LogP contribution < -0.4 is 11.1 Å². The Hall–Kier alpha value is -2.04. The standard InChI is InChI=1S/C19H21ClN2O2/c20-16-5-2-4-15(12-16)19(7-9-24-10-8-19)13-22-18(23)14-3-1-6-17(21)11-14/h1-6,11-12H,7-10,13,21H2,(H,22,23). The Morgan fingerprint density at radius 3 is 2.62 bits per heavy atom. The first-order valence-corrected chi connectivity index (χ1v) is 8.44. The van der Waals surface area contributed by atoms with E-state index in [1.807, 2.05) is 18.2 Å². The lowest BCUT2D eigenvalue weighted by Crippen LogP contribution is -2.44. The van der Waals surface area contributed by atoms with Crippen molar-refractivity contribution in [3.63, 3.8) is 0 Å². The van der Waals surface area contributed by atoms with Gasteiger partial charge in [-0.2, -0.15) is 0 Å². The summed E-state index contributed by atoms with van der Waals surface area (Å²) < 4.78 is 5.52. The molecule has 1 saturated heterocycles. The highest BCUT2D eigenvalue weighted by Crippen LogP contribution is 2.35. The summed E-state index contributed by atoms with van der Waals surface area (Å²) in [6, 6.07) is 14.9. The largest absolute Gasteiger partial charge is 0.399 e. The topological polar surface area (TPSA) is 64.4 Å². The van der Waals surface area contributed by atoms with Crippen molar-refractivity contribution < 1.29 is 9.53 Å². The number of carbonyl (C=O) groups excluding carboxylic acids is 1. The number of benzene rings is 2. The molecule has 126 valence electrons. The molecule has 1 fully saturated rings. The van der Waals surface area contributed by atoms with Gasteiger partial charge in [0.15, 0.2) is 0 Å². The normalized spacial score (nSPS) is 16.5. The summed E-state index contributed by atoms with van der Waals surface area (Å²) in [4.78, 5) is 12.5. The molecule has 0 saturated carbocycles. The number of anilines is 1. The minimum Gasteiger partial charge on any atom is -0.399 e. The lowest BCUT2D eigenvalue weighted by molar-refractivity contribution is 0.0487. The van der Waals surface area contributed by atoms with Crippen molar-refractivity contribution in [2.24, 2.45) is 0 Å². The molecule has 2 aromatic carbocycles. The molecular weight excluding hydrogens is 324 g/mol. The first-order chi connectivity index (χ1) is 11.6. The first-order valence-electron chi connectivity index (χ1n) is 8.07. The molecule has 0 spiro atoms. The number of carbonyl (C=O) groups is 1. The summed E-state index contributed by atoms with van der Waals surface area (Å²) in [5, 5.41) is 3.77. The van der Waals surface area contributed by atoms with Gasteiger partial charge in [-0.25, -0.2) is 0 Å². The summed E-state index contributed by atoms with van der Waals surface area (Å²) >= 11 is 6.17. The van der Waals surface area contributed by atoms with Crippen LogP contribution in [0.3, 0.4) is 0 Å². The van der Waals surface area contributed by atoms with Gasteiger partial charge in [0.1, 0.15) is 0 Å². The van der Waals surface area contributed by atoms with Gasteiger partial charge >= 0.3 is 0 Å². The van der Waals surface area contributed by atoms with Crippen LogP contribution in [-0.4, -0.2) is 25.7 Å². The molecule has 0 unspecified atom stereocenters. The molecule has 3 N–H and O–H groups in total. The van der Waals surface area contributed by atoms with E-state index >= 15 is 0 Å². The zero-order valence-electron chi connectivity index (χ0n) is 13.4. The van der Waals surface area contributed by atoms with Crippen LogP contribution in [0.4, 0.5) is 5.69 Å². The molecule has 0 aliphatic carbocycles. The second-order valence-electron chi connectivity index (χ2n) is 6.21. The quantitative estimate of drug-likeness (QED) is 0.835. The average Bonchev–Trinajstić information content (AvgIpc) is 2.60. The second kappa shape index (κ2) is 7.24. The van der Waals surface area contributed by atoms with E-state index in [4.69, 9.17) is 22.1 Å². The number of nitrogens with two attached hydrogens (primary N) is 1. The van der Waals surface area contributed by atoms with Crippen molar-refractivity contribution in [2.75, 3.05) is 25.5 Å². The third kappa shape index (κ3) is 3.71. The maximum atomic E-state index is 12.5. The molecule has 0 atom stereocenters. The maximum absolute atomic E-state index is 12.5. The molecule has 3 rings (SSSR count). The van der Waals surface area contributed by atoms with E-state index in [1.54, 1.807) is 24.3 Å². The van der Waals surface area contributed by atoms with Crippen LogP contribution in [-0.2, 0) is 10.2 Å². The number of halogens is 1. The number of rotatable bonds is 4. The fourth-order valence-corrected chi connectivity index (χ4v) is 3.37. The van der Waals surface area contributed by atoms with Crippen LogP contribution >= 0.6 is 11.6 Å². The van der Waals surface area contributed by atoms with E-state index in [0.717, 1.165) is 18.4 Å². The molecular formula is C19H21ClN2O2. The van der Waals surface area contributed by atoms with E-state index in [9.17, 15) is 4.79 Å². The van der Waals surface area contributed by atoms with Gasteiger partial charge in [-0.05, 0) is 48.7 Å². The van der Waals surface area contributed by atoms with Crippen LogP contribution in [0.25, 0.3) is 0 Å². The predicted octanol–water partition coefficient (Wildman–Crippen LogP) is 3.40. The van der Waals surface area contributed by atoms with E-state index < -0.39 is 0 Å². The smallest absolute Gasteiger partial charge is 0.251 e. The molecule has 24 heavy (non-hydrogen) atoms. The van der Waals surface area contributed by atoms with Gasteiger partial charge in [0, 0.05) is 41.4 Å². The van der Waals surface area contributed by atoms with Gasteiger partial charge in [0.05, 0.1) is 0 Å². The molecule has 5 heteroatoms. The number of ether oxygens (including phenoxy) is 1. The van der Waals surface area contributed by atoms with Crippen molar-refractivity contribution in [1.82, 2.24) is 5.32 Å². The van der Waals surface area contributed by atoms with Crippen molar-refractivity contribution in [3.8, 4) is 0 Å². The second-order valence-corrected chi connectivity index (χ2v) is 6.65. The third-order valence-corrected chi connectivity index (χ3v) is 4.86. The fraction of sp³-hybridized carbons (Fsp3) is 0.316. The lowest BCUT2D eigenvalue weighted by atomic mass is 9.74. The van der Waals surface area contributed by atoms with Crippen molar-refractivity contribution in [2.45, 2.75) is 18.3 Å². The monoisotopic (exact) mass is 344 g/mol. The average molecular weight is 345 g/mol.